The summed E-state index contributed by atoms with van der Waals surface area (Å²) in [7, 11) is 0. The predicted molar refractivity (Wildman–Crippen MR) is 79.4 cm³/mol. The molecular formula is C14H18ClN3O3. The summed E-state index contributed by atoms with van der Waals surface area (Å²) in [5.41, 5.74) is -0.178. The minimum atomic E-state index is -0.591. The van der Waals surface area contributed by atoms with Crippen molar-refractivity contribution in [1.82, 2.24) is 10.3 Å². The number of nitro groups is 1. The molecule has 0 radical (unpaired) electrons. The van der Waals surface area contributed by atoms with Crippen molar-refractivity contribution in [2.24, 2.45) is 5.92 Å². The molecule has 1 amide bonds. The number of carbonyl (C=O) groups is 1. The second-order valence-corrected chi connectivity index (χ2v) is 5.75. The van der Waals surface area contributed by atoms with Gasteiger partial charge in [0.25, 0.3) is 11.6 Å². The Balaban J connectivity index is 2.03. The molecule has 0 spiro atoms. The van der Waals surface area contributed by atoms with Gasteiger partial charge in [0.2, 0.25) is 0 Å². The van der Waals surface area contributed by atoms with Crippen molar-refractivity contribution in [3.63, 3.8) is 0 Å². The Bertz CT molecular complexity index is 542. The summed E-state index contributed by atoms with van der Waals surface area (Å²) < 4.78 is 0. The van der Waals surface area contributed by atoms with Gasteiger partial charge in [-0.1, -0.05) is 24.9 Å². The van der Waals surface area contributed by atoms with Crippen LogP contribution in [0, 0.1) is 16.0 Å². The van der Waals surface area contributed by atoms with E-state index in [1.807, 2.05) is 0 Å². The molecule has 1 aromatic heterocycles. The third kappa shape index (κ3) is 3.91. The molecule has 0 bridgehead atoms. The topological polar surface area (TPSA) is 85.1 Å². The van der Waals surface area contributed by atoms with Gasteiger partial charge in [-0.25, -0.2) is 4.98 Å². The number of amides is 1. The average Bonchev–Trinajstić information content (AvgIpc) is 2.48. The highest BCUT2D eigenvalue weighted by Crippen LogP contribution is 2.27. The van der Waals surface area contributed by atoms with Crippen LogP contribution in [0.5, 0.6) is 0 Å². The number of aromatic nitrogens is 1. The lowest BCUT2D eigenvalue weighted by molar-refractivity contribution is -0.385. The number of halogens is 1. The van der Waals surface area contributed by atoms with Gasteiger partial charge in [-0.3, -0.25) is 14.9 Å². The number of carbonyl (C=O) groups excluding carboxylic acids is 1. The van der Waals surface area contributed by atoms with Crippen LogP contribution >= 0.6 is 11.6 Å². The van der Waals surface area contributed by atoms with Crippen LogP contribution in [0.4, 0.5) is 5.69 Å². The predicted octanol–water partition coefficient (Wildman–Crippen LogP) is 3.34. The Morgan fingerprint density at radius 3 is 2.71 bits per heavy atom. The van der Waals surface area contributed by atoms with Crippen LogP contribution in [-0.2, 0) is 0 Å². The summed E-state index contributed by atoms with van der Waals surface area (Å²) in [4.78, 5) is 26.1. The summed E-state index contributed by atoms with van der Waals surface area (Å²) in [5.74, 6) is 0.345. The first-order chi connectivity index (χ1) is 10.0. The molecule has 0 saturated heterocycles. The van der Waals surface area contributed by atoms with E-state index in [1.165, 1.54) is 12.5 Å². The second-order valence-electron chi connectivity index (χ2n) is 5.39. The fourth-order valence-corrected chi connectivity index (χ4v) is 2.86. The number of nitrogens with one attached hydrogen (secondary N) is 1. The van der Waals surface area contributed by atoms with Crippen LogP contribution < -0.4 is 5.32 Å². The second kappa shape index (κ2) is 6.85. The van der Waals surface area contributed by atoms with Crippen molar-refractivity contribution in [1.29, 1.82) is 0 Å². The van der Waals surface area contributed by atoms with Gasteiger partial charge >= 0.3 is 0 Å². The van der Waals surface area contributed by atoms with E-state index in [9.17, 15) is 14.9 Å². The summed E-state index contributed by atoms with van der Waals surface area (Å²) in [6, 6.07) is 1.28. The monoisotopic (exact) mass is 311 g/mol. The molecule has 1 N–H and O–H groups in total. The largest absolute Gasteiger partial charge is 0.349 e. The van der Waals surface area contributed by atoms with E-state index >= 15 is 0 Å². The molecule has 0 aromatic carbocycles. The molecule has 1 aliphatic rings. The van der Waals surface area contributed by atoms with E-state index < -0.39 is 10.8 Å². The molecule has 0 unspecified atom stereocenters. The van der Waals surface area contributed by atoms with Crippen LogP contribution in [0.1, 0.15) is 49.4 Å². The Morgan fingerprint density at radius 1 is 1.48 bits per heavy atom. The minimum Gasteiger partial charge on any atom is -0.349 e. The van der Waals surface area contributed by atoms with E-state index in [1.54, 1.807) is 0 Å². The van der Waals surface area contributed by atoms with Crippen LogP contribution in [-0.4, -0.2) is 21.9 Å². The third-order valence-electron chi connectivity index (χ3n) is 4.04. The molecule has 1 aromatic rings. The molecule has 1 saturated carbocycles. The van der Waals surface area contributed by atoms with Gasteiger partial charge in [-0.2, -0.15) is 0 Å². The van der Waals surface area contributed by atoms with E-state index in [4.69, 9.17) is 11.6 Å². The lowest BCUT2D eigenvalue weighted by Gasteiger charge is -2.28. The Kier molecular flexibility index (Phi) is 5.12. The molecular weight excluding hydrogens is 294 g/mol. The van der Waals surface area contributed by atoms with Crippen molar-refractivity contribution >= 4 is 23.2 Å². The molecule has 1 fully saturated rings. The van der Waals surface area contributed by atoms with Gasteiger partial charge in [-0.05, 0) is 31.6 Å². The van der Waals surface area contributed by atoms with Crippen molar-refractivity contribution < 1.29 is 9.72 Å². The van der Waals surface area contributed by atoms with E-state index in [0.29, 0.717) is 0 Å². The summed E-state index contributed by atoms with van der Waals surface area (Å²) in [5, 5.41) is 13.6. The maximum atomic E-state index is 12.2. The highest BCUT2D eigenvalue weighted by Gasteiger charge is 2.24. The van der Waals surface area contributed by atoms with Crippen molar-refractivity contribution in [2.75, 3.05) is 0 Å². The molecule has 7 heteroatoms. The Hall–Kier alpha value is -1.69. The SMILES string of the molecule is CCC1CCC(NC(=O)c2cc([N+](=O)[O-])cnc2Cl)CC1. The zero-order chi connectivity index (χ0) is 15.4. The van der Waals surface area contributed by atoms with Crippen LogP contribution in [0.3, 0.4) is 0 Å². The average molecular weight is 312 g/mol. The first-order valence-electron chi connectivity index (χ1n) is 7.12. The van der Waals surface area contributed by atoms with Crippen molar-refractivity contribution in [3.05, 3.63) is 33.1 Å². The molecule has 2 rings (SSSR count). The quantitative estimate of drug-likeness (QED) is 0.525. The third-order valence-corrected chi connectivity index (χ3v) is 4.34. The maximum absolute atomic E-state index is 12.2. The smallest absolute Gasteiger partial charge is 0.288 e. The lowest BCUT2D eigenvalue weighted by atomic mass is 9.84. The van der Waals surface area contributed by atoms with Crippen molar-refractivity contribution in [3.8, 4) is 0 Å². The van der Waals surface area contributed by atoms with Gasteiger partial charge in [0.05, 0.1) is 10.5 Å². The number of hydrogen-bond donors (Lipinski definition) is 1. The molecule has 6 nitrogen and oxygen atoms in total. The standard InChI is InChI=1S/C14H18ClN3O3/c1-2-9-3-5-10(6-4-9)17-14(19)12-7-11(18(20)21)8-16-13(12)15/h7-10H,2-6H2,1H3,(H,17,19). The zero-order valence-electron chi connectivity index (χ0n) is 11.8. The number of rotatable bonds is 4. The molecule has 0 atom stereocenters. The summed E-state index contributed by atoms with van der Waals surface area (Å²) in [6.07, 6.45) is 6.28. The zero-order valence-corrected chi connectivity index (χ0v) is 12.6. The van der Waals surface area contributed by atoms with E-state index in [-0.39, 0.29) is 22.4 Å². The number of nitrogens with zero attached hydrogens (tertiary/aromatic N) is 2. The molecule has 1 heterocycles. The summed E-state index contributed by atoms with van der Waals surface area (Å²) in [6.45, 7) is 2.18. The first kappa shape index (κ1) is 15.7. The molecule has 1 aliphatic carbocycles. The number of hydrogen-bond acceptors (Lipinski definition) is 4. The Labute approximate surface area is 128 Å². The van der Waals surface area contributed by atoms with Gasteiger partial charge in [-0.15, -0.1) is 0 Å². The van der Waals surface area contributed by atoms with Crippen LogP contribution in [0.2, 0.25) is 5.15 Å². The maximum Gasteiger partial charge on any atom is 0.288 e. The van der Waals surface area contributed by atoms with E-state index in [0.717, 1.165) is 37.8 Å². The molecule has 114 valence electrons. The van der Waals surface area contributed by atoms with Crippen LogP contribution in [0.15, 0.2) is 12.3 Å². The van der Waals surface area contributed by atoms with Crippen LogP contribution in [0.25, 0.3) is 0 Å². The fourth-order valence-electron chi connectivity index (χ4n) is 2.67. The normalized spacial score (nSPS) is 21.8. The van der Waals surface area contributed by atoms with E-state index in [2.05, 4.69) is 17.2 Å². The van der Waals surface area contributed by atoms with Gasteiger partial charge in [0, 0.05) is 12.1 Å². The first-order valence-corrected chi connectivity index (χ1v) is 7.49. The molecule has 21 heavy (non-hydrogen) atoms. The highest BCUT2D eigenvalue weighted by molar-refractivity contribution is 6.32. The van der Waals surface area contributed by atoms with Gasteiger partial charge in [0.15, 0.2) is 0 Å². The highest BCUT2D eigenvalue weighted by atomic mass is 35.5. The lowest BCUT2D eigenvalue weighted by Crippen LogP contribution is -2.37. The Morgan fingerprint density at radius 2 is 2.14 bits per heavy atom. The number of pyridine rings is 1. The van der Waals surface area contributed by atoms with Gasteiger partial charge < -0.3 is 5.32 Å². The minimum absolute atomic E-state index is 0.0136. The fraction of sp³-hybridized carbons (Fsp3) is 0.571. The summed E-state index contributed by atoms with van der Waals surface area (Å²) >= 11 is 5.86. The molecule has 0 aliphatic heterocycles. The van der Waals surface area contributed by atoms with Gasteiger partial charge in [0.1, 0.15) is 11.3 Å². The van der Waals surface area contributed by atoms with Crippen molar-refractivity contribution in [2.45, 2.75) is 45.1 Å².